The maximum Gasteiger partial charge on any atom is 0.101 e. The van der Waals surface area contributed by atoms with Gasteiger partial charge in [0.05, 0.1) is 10.6 Å². The van der Waals surface area contributed by atoms with Crippen LogP contribution in [0.1, 0.15) is 5.56 Å². The van der Waals surface area contributed by atoms with Crippen molar-refractivity contribution in [2.24, 2.45) is 0 Å². The summed E-state index contributed by atoms with van der Waals surface area (Å²) in [4.78, 5) is 1.80. The summed E-state index contributed by atoms with van der Waals surface area (Å²) in [7, 11) is 3.70. The average molecular weight is 222 g/mol. The van der Waals surface area contributed by atoms with E-state index in [2.05, 4.69) is 6.07 Å². The van der Waals surface area contributed by atoms with Crippen molar-refractivity contribution in [3.8, 4) is 6.07 Å². The Morgan fingerprint density at radius 3 is 2.67 bits per heavy atom. The molecule has 4 heteroatoms. The number of benzene rings is 1. The van der Waals surface area contributed by atoms with Gasteiger partial charge in [-0.25, -0.2) is 0 Å². The lowest BCUT2D eigenvalue weighted by atomic mass is 10.1. The fraction of sp³-hybridized carbons (Fsp3) is 0.182. The minimum atomic E-state index is 0.490. The first-order valence-corrected chi connectivity index (χ1v) is 4.76. The van der Waals surface area contributed by atoms with E-state index in [1.165, 1.54) is 0 Å². The van der Waals surface area contributed by atoms with Gasteiger partial charge < -0.3 is 10.6 Å². The Balaban J connectivity index is 3.21. The molecule has 0 unspecified atom stereocenters. The molecule has 2 N–H and O–H groups in total. The zero-order valence-electron chi connectivity index (χ0n) is 8.66. The Bertz CT molecular complexity index is 430. The van der Waals surface area contributed by atoms with Gasteiger partial charge in [0.25, 0.3) is 0 Å². The van der Waals surface area contributed by atoms with Gasteiger partial charge >= 0.3 is 0 Å². The van der Waals surface area contributed by atoms with Crippen molar-refractivity contribution in [1.82, 2.24) is 4.90 Å². The lowest BCUT2D eigenvalue weighted by Gasteiger charge is -2.08. The smallest absolute Gasteiger partial charge is 0.101 e. The summed E-state index contributed by atoms with van der Waals surface area (Å²) in [5.41, 5.74) is 7.38. The van der Waals surface area contributed by atoms with Crippen LogP contribution in [0.3, 0.4) is 0 Å². The summed E-state index contributed by atoms with van der Waals surface area (Å²) in [5, 5.41) is 9.48. The second-order valence-corrected chi connectivity index (χ2v) is 3.76. The van der Waals surface area contributed by atoms with Crippen LogP contribution in [-0.2, 0) is 0 Å². The number of nitrogens with two attached hydrogens (primary N) is 1. The van der Waals surface area contributed by atoms with Crippen LogP contribution < -0.4 is 5.73 Å². The third kappa shape index (κ3) is 2.90. The molecule has 0 aromatic heterocycles. The predicted octanol–water partition coefficient (Wildman–Crippen LogP) is 2.35. The van der Waals surface area contributed by atoms with Gasteiger partial charge in [-0.05, 0) is 12.1 Å². The Morgan fingerprint density at radius 1 is 1.53 bits per heavy atom. The molecule has 78 valence electrons. The molecule has 0 heterocycles. The Kier molecular flexibility index (Phi) is 3.59. The van der Waals surface area contributed by atoms with E-state index in [-0.39, 0.29) is 0 Å². The molecule has 1 aromatic rings. The molecule has 0 atom stereocenters. The van der Waals surface area contributed by atoms with Gasteiger partial charge in [-0.1, -0.05) is 17.7 Å². The van der Waals surface area contributed by atoms with Crippen molar-refractivity contribution < 1.29 is 0 Å². The van der Waals surface area contributed by atoms with Crippen LogP contribution in [0.15, 0.2) is 24.4 Å². The molecule has 0 spiro atoms. The average Bonchev–Trinajstić information content (AvgIpc) is 2.14. The van der Waals surface area contributed by atoms with E-state index in [1.54, 1.807) is 29.3 Å². The number of allylic oxidation sites excluding steroid dienone is 1. The molecule has 0 aliphatic carbocycles. The topological polar surface area (TPSA) is 53.0 Å². The minimum Gasteiger partial charge on any atom is -0.399 e. The van der Waals surface area contributed by atoms with E-state index in [0.29, 0.717) is 21.8 Å². The van der Waals surface area contributed by atoms with Crippen LogP contribution in [0.2, 0.25) is 5.02 Å². The van der Waals surface area contributed by atoms with Gasteiger partial charge in [0.15, 0.2) is 0 Å². The number of hydrogen-bond acceptors (Lipinski definition) is 3. The lowest BCUT2D eigenvalue weighted by Crippen LogP contribution is -2.02. The molecule has 0 saturated heterocycles. The molecule has 0 radical (unpaired) electrons. The molecule has 0 aliphatic rings. The number of nitrogen functional groups attached to an aromatic ring is 1. The molecule has 0 saturated carbocycles. The van der Waals surface area contributed by atoms with Crippen molar-refractivity contribution in [1.29, 1.82) is 5.26 Å². The highest BCUT2D eigenvalue weighted by Gasteiger charge is 2.06. The standard InChI is InChI=1S/C11H12ClN3/c1-15(2)7-8(6-13)10-4-3-9(14)5-11(10)12/h3-5,7H,14H2,1-2H3/b8-7+. The van der Waals surface area contributed by atoms with Gasteiger partial charge in [0.2, 0.25) is 0 Å². The van der Waals surface area contributed by atoms with Crippen LogP contribution in [0.5, 0.6) is 0 Å². The maximum absolute atomic E-state index is 8.99. The molecular weight excluding hydrogens is 210 g/mol. The molecule has 0 aliphatic heterocycles. The first kappa shape index (κ1) is 11.4. The number of nitrogens with zero attached hydrogens (tertiary/aromatic N) is 2. The van der Waals surface area contributed by atoms with Crippen LogP contribution in [0, 0.1) is 11.3 Å². The Morgan fingerprint density at radius 2 is 2.20 bits per heavy atom. The molecule has 3 nitrogen and oxygen atoms in total. The summed E-state index contributed by atoms with van der Waals surface area (Å²) in [5.74, 6) is 0. The summed E-state index contributed by atoms with van der Waals surface area (Å²) in [6.45, 7) is 0. The minimum absolute atomic E-state index is 0.490. The SMILES string of the molecule is CN(C)/C=C(\C#N)c1ccc(N)cc1Cl. The van der Waals surface area contributed by atoms with Gasteiger partial charge in [-0.15, -0.1) is 0 Å². The Hall–Kier alpha value is -1.66. The van der Waals surface area contributed by atoms with Gasteiger partial charge in [-0.3, -0.25) is 0 Å². The van der Waals surface area contributed by atoms with Crippen LogP contribution in [0.4, 0.5) is 5.69 Å². The largest absolute Gasteiger partial charge is 0.399 e. The molecule has 0 amide bonds. The van der Waals surface area contributed by atoms with Gasteiger partial charge in [-0.2, -0.15) is 5.26 Å². The van der Waals surface area contributed by atoms with Crippen molar-refractivity contribution in [2.45, 2.75) is 0 Å². The Labute approximate surface area is 94.4 Å². The maximum atomic E-state index is 8.99. The van der Waals surface area contributed by atoms with E-state index in [4.69, 9.17) is 22.6 Å². The molecule has 0 bridgehead atoms. The summed E-state index contributed by atoms with van der Waals surface area (Å²) >= 11 is 6.00. The van der Waals surface area contributed by atoms with Crippen LogP contribution in [-0.4, -0.2) is 19.0 Å². The van der Waals surface area contributed by atoms with E-state index in [1.807, 2.05) is 14.1 Å². The molecular formula is C11H12ClN3. The third-order valence-electron chi connectivity index (χ3n) is 1.79. The molecule has 1 rings (SSSR count). The molecule has 1 aromatic carbocycles. The lowest BCUT2D eigenvalue weighted by molar-refractivity contribution is 0.566. The third-order valence-corrected chi connectivity index (χ3v) is 2.10. The van der Waals surface area contributed by atoms with Crippen molar-refractivity contribution in [2.75, 3.05) is 19.8 Å². The first-order valence-electron chi connectivity index (χ1n) is 4.38. The highest BCUT2D eigenvalue weighted by molar-refractivity contribution is 6.32. The highest BCUT2D eigenvalue weighted by atomic mass is 35.5. The number of halogens is 1. The first-order chi connectivity index (χ1) is 7.04. The highest BCUT2D eigenvalue weighted by Crippen LogP contribution is 2.25. The molecule has 15 heavy (non-hydrogen) atoms. The van der Waals surface area contributed by atoms with E-state index >= 15 is 0 Å². The monoisotopic (exact) mass is 221 g/mol. The number of rotatable bonds is 2. The van der Waals surface area contributed by atoms with Crippen molar-refractivity contribution in [3.63, 3.8) is 0 Å². The number of anilines is 1. The second kappa shape index (κ2) is 4.72. The van der Waals surface area contributed by atoms with Crippen molar-refractivity contribution >= 4 is 22.9 Å². The summed E-state index contributed by atoms with van der Waals surface area (Å²) < 4.78 is 0. The fourth-order valence-electron chi connectivity index (χ4n) is 1.17. The summed E-state index contributed by atoms with van der Waals surface area (Å²) in [6.07, 6.45) is 1.72. The fourth-order valence-corrected chi connectivity index (χ4v) is 1.46. The zero-order chi connectivity index (χ0) is 11.4. The second-order valence-electron chi connectivity index (χ2n) is 3.36. The number of nitriles is 1. The quantitative estimate of drug-likeness (QED) is 0.616. The van der Waals surface area contributed by atoms with Gasteiger partial charge in [0.1, 0.15) is 6.07 Å². The summed E-state index contributed by atoms with van der Waals surface area (Å²) in [6, 6.07) is 7.21. The van der Waals surface area contributed by atoms with E-state index in [0.717, 1.165) is 0 Å². The predicted molar refractivity (Wildman–Crippen MR) is 63.1 cm³/mol. The van der Waals surface area contributed by atoms with Gasteiger partial charge in [0, 0.05) is 31.5 Å². The van der Waals surface area contributed by atoms with E-state index < -0.39 is 0 Å². The van der Waals surface area contributed by atoms with E-state index in [9.17, 15) is 0 Å². The van der Waals surface area contributed by atoms with Crippen LogP contribution in [0.25, 0.3) is 5.57 Å². The normalized spacial score (nSPS) is 10.9. The number of hydrogen-bond donors (Lipinski definition) is 1. The van der Waals surface area contributed by atoms with Crippen molar-refractivity contribution in [3.05, 3.63) is 35.0 Å². The molecule has 0 fully saturated rings. The van der Waals surface area contributed by atoms with Crippen LogP contribution >= 0.6 is 11.6 Å². The zero-order valence-corrected chi connectivity index (χ0v) is 9.42.